The fraction of sp³-hybridized carbons (Fsp3) is 0.462. The average Bonchev–Trinajstić information content (AvgIpc) is 2.81. The fourth-order valence-corrected chi connectivity index (χ4v) is 5.22. The van der Waals surface area contributed by atoms with Crippen LogP contribution in [0.3, 0.4) is 0 Å². The van der Waals surface area contributed by atoms with Crippen molar-refractivity contribution in [3.63, 3.8) is 0 Å². The Hall–Kier alpha value is -2.66. The normalized spacial score (nSPS) is 19.0. The topological polar surface area (TPSA) is 47.4 Å². The zero-order valence-electron chi connectivity index (χ0n) is 18.3. The molecule has 1 aromatic heterocycles. The minimum atomic E-state index is -0.0353. The average molecular weight is 418 g/mol. The largest absolute Gasteiger partial charge is 0.490 e. The van der Waals surface area contributed by atoms with E-state index in [0.29, 0.717) is 11.2 Å². The summed E-state index contributed by atoms with van der Waals surface area (Å²) >= 11 is 0. The predicted octanol–water partition coefficient (Wildman–Crippen LogP) is 4.87. The molecule has 0 atom stereocenters. The molecule has 0 N–H and O–H groups in total. The van der Waals surface area contributed by atoms with Crippen molar-refractivity contribution in [1.82, 2.24) is 14.5 Å². The number of hydrogen-bond acceptors (Lipinski definition) is 4. The maximum Gasteiger partial charge on any atom is 0.265 e. The molecule has 2 fully saturated rings. The van der Waals surface area contributed by atoms with Crippen LogP contribution in [-0.2, 0) is 0 Å². The number of aryl methyl sites for hydroxylation is 1. The molecule has 5 rings (SSSR count). The number of likely N-dealkylation sites (tertiary alicyclic amines) is 1. The molecule has 5 nitrogen and oxygen atoms in total. The van der Waals surface area contributed by atoms with Crippen molar-refractivity contribution in [3.05, 3.63) is 64.7 Å². The molecule has 2 aromatic carbocycles. The maximum atomic E-state index is 13.0. The van der Waals surface area contributed by atoms with E-state index in [0.717, 1.165) is 48.9 Å². The first-order chi connectivity index (χ1) is 15.2. The zero-order chi connectivity index (χ0) is 21.2. The predicted molar refractivity (Wildman–Crippen MR) is 124 cm³/mol. The summed E-state index contributed by atoms with van der Waals surface area (Å²) in [4.78, 5) is 20.3. The molecule has 1 saturated carbocycles. The van der Waals surface area contributed by atoms with Crippen LogP contribution in [0.2, 0.25) is 0 Å². The minimum Gasteiger partial charge on any atom is -0.490 e. The Morgan fingerprint density at radius 2 is 1.61 bits per heavy atom. The van der Waals surface area contributed by atoms with Crippen LogP contribution in [0.15, 0.2) is 53.3 Å². The van der Waals surface area contributed by atoms with E-state index in [1.807, 2.05) is 55.5 Å². The lowest BCUT2D eigenvalue weighted by atomic mass is 9.92. The minimum absolute atomic E-state index is 0.0353. The molecule has 0 amide bonds. The molecule has 0 bridgehead atoms. The van der Waals surface area contributed by atoms with Gasteiger partial charge in [0.1, 0.15) is 17.7 Å². The van der Waals surface area contributed by atoms with Crippen molar-refractivity contribution in [2.45, 2.75) is 64.0 Å². The van der Waals surface area contributed by atoms with Gasteiger partial charge in [0, 0.05) is 19.1 Å². The molecule has 5 heteroatoms. The first-order valence-corrected chi connectivity index (χ1v) is 11.7. The van der Waals surface area contributed by atoms with Gasteiger partial charge >= 0.3 is 0 Å². The van der Waals surface area contributed by atoms with Crippen LogP contribution in [0.4, 0.5) is 0 Å². The Morgan fingerprint density at radius 1 is 0.903 bits per heavy atom. The van der Waals surface area contributed by atoms with Crippen LogP contribution in [0.5, 0.6) is 5.75 Å². The van der Waals surface area contributed by atoms with Crippen molar-refractivity contribution >= 4 is 10.9 Å². The monoisotopic (exact) mass is 417 g/mol. The van der Waals surface area contributed by atoms with Crippen molar-refractivity contribution in [2.75, 3.05) is 13.1 Å². The summed E-state index contributed by atoms with van der Waals surface area (Å²) in [6.07, 6.45) is 9.39. The zero-order valence-corrected chi connectivity index (χ0v) is 18.3. The Balaban J connectivity index is 1.26. The lowest BCUT2D eigenvalue weighted by Gasteiger charge is -2.39. The SMILES string of the molecule is Cc1nc2ccccc2c(=O)n1-c1ccc(OC2CCN(C3CCCCC3)CC2)cc1. The molecule has 1 aliphatic carbocycles. The first-order valence-electron chi connectivity index (χ1n) is 11.7. The molecule has 1 saturated heterocycles. The quantitative estimate of drug-likeness (QED) is 0.608. The summed E-state index contributed by atoms with van der Waals surface area (Å²) in [5.41, 5.74) is 1.52. The lowest BCUT2D eigenvalue weighted by Crippen LogP contribution is -2.44. The van der Waals surface area contributed by atoms with E-state index in [4.69, 9.17) is 4.74 Å². The number of nitrogens with zero attached hydrogens (tertiary/aromatic N) is 3. The van der Waals surface area contributed by atoms with E-state index in [2.05, 4.69) is 9.88 Å². The van der Waals surface area contributed by atoms with Gasteiger partial charge in [0.25, 0.3) is 5.56 Å². The number of piperidine rings is 1. The molecule has 1 aliphatic heterocycles. The third-order valence-corrected chi connectivity index (χ3v) is 6.91. The van der Waals surface area contributed by atoms with Gasteiger partial charge in [-0.15, -0.1) is 0 Å². The second-order valence-corrected chi connectivity index (χ2v) is 8.96. The van der Waals surface area contributed by atoms with Gasteiger partial charge in [0.2, 0.25) is 0 Å². The summed E-state index contributed by atoms with van der Waals surface area (Å²) in [7, 11) is 0. The number of fused-ring (bicyclic) bond motifs is 1. The number of ether oxygens (including phenoxy) is 1. The van der Waals surface area contributed by atoms with Crippen LogP contribution in [0.1, 0.15) is 50.8 Å². The van der Waals surface area contributed by atoms with E-state index < -0.39 is 0 Å². The van der Waals surface area contributed by atoms with Gasteiger partial charge in [-0.3, -0.25) is 9.36 Å². The van der Waals surface area contributed by atoms with Crippen molar-refractivity contribution in [3.8, 4) is 11.4 Å². The number of para-hydroxylation sites is 1. The summed E-state index contributed by atoms with van der Waals surface area (Å²) in [6.45, 7) is 4.16. The van der Waals surface area contributed by atoms with Gasteiger partial charge in [0.05, 0.1) is 16.6 Å². The summed E-state index contributed by atoms with van der Waals surface area (Å²) in [5, 5.41) is 0.637. The molecule has 0 radical (unpaired) electrons. The highest BCUT2D eigenvalue weighted by Gasteiger charge is 2.27. The van der Waals surface area contributed by atoms with Crippen molar-refractivity contribution < 1.29 is 4.74 Å². The third-order valence-electron chi connectivity index (χ3n) is 6.91. The molecule has 0 unspecified atom stereocenters. The van der Waals surface area contributed by atoms with Gasteiger partial charge in [-0.05, 0) is 69.0 Å². The Kier molecular flexibility index (Phi) is 5.77. The maximum absolute atomic E-state index is 13.0. The highest BCUT2D eigenvalue weighted by molar-refractivity contribution is 5.77. The Bertz CT molecular complexity index is 1090. The van der Waals surface area contributed by atoms with Crippen molar-refractivity contribution in [1.29, 1.82) is 0 Å². The first kappa shape index (κ1) is 20.3. The van der Waals surface area contributed by atoms with Crippen LogP contribution >= 0.6 is 0 Å². The smallest absolute Gasteiger partial charge is 0.265 e. The number of aromatic nitrogens is 2. The molecule has 3 aromatic rings. The van der Waals surface area contributed by atoms with E-state index in [1.54, 1.807) is 4.57 Å². The standard InChI is InChI=1S/C26H31N3O2/c1-19-27-25-10-6-5-9-24(25)26(30)29(19)21-11-13-22(14-12-21)31-23-15-17-28(18-16-23)20-7-3-2-4-8-20/h5-6,9-14,20,23H,2-4,7-8,15-18H2,1H3. The molecule has 2 heterocycles. The molecule has 2 aliphatic rings. The van der Waals surface area contributed by atoms with Crippen LogP contribution < -0.4 is 10.3 Å². The molecule has 0 spiro atoms. The number of benzene rings is 2. The second-order valence-electron chi connectivity index (χ2n) is 8.96. The molecule has 31 heavy (non-hydrogen) atoms. The summed E-state index contributed by atoms with van der Waals surface area (Å²) < 4.78 is 7.96. The fourth-order valence-electron chi connectivity index (χ4n) is 5.22. The summed E-state index contributed by atoms with van der Waals surface area (Å²) in [6, 6.07) is 16.2. The molecular weight excluding hydrogens is 386 g/mol. The van der Waals surface area contributed by atoms with Crippen LogP contribution in [0, 0.1) is 6.92 Å². The van der Waals surface area contributed by atoms with Crippen molar-refractivity contribution in [2.24, 2.45) is 0 Å². The van der Waals surface area contributed by atoms with E-state index in [1.165, 1.54) is 32.1 Å². The number of hydrogen-bond donors (Lipinski definition) is 0. The van der Waals surface area contributed by atoms with E-state index >= 15 is 0 Å². The van der Waals surface area contributed by atoms with E-state index in [-0.39, 0.29) is 11.7 Å². The summed E-state index contributed by atoms with van der Waals surface area (Å²) in [5.74, 6) is 1.56. The van der Waals surface area contributed by atoms with Gasteiger partial charge in [-0.1, -0.05) is 31.4 Å². The second kappa shape index (κ2) is 8.83. The Labute approximate surface area is 183 Å². The molecule has 162 valence electrons. The van der Waals surface area contributed by atoms with Gasteiger partial charge in [-0.25, -0.2) is 4.98 Å². The van der Waals surface area contributed by atoms with Gasteiger partial charge in [0.15, 0.2) is 0 Å². The lowest BCUT2D eigenvalue weighted by molar-refractivity contribution is 0.0631. The van der Waals surface area contributed by atoms with Crippen LogP contribution in [-0.4, -0.2) is 39.7 Å². The molecular formula is C26H31N3O2. The van der Waals surface area contributed by atoms with Gasteiger partial charge < -0.3 is 9.64 Å². The number of rotatable bonds is 4. The van der Waals surface area contributed by atoms with E-state index in [9.17, 15) is 4.79 Å². The van der Waals surface area contributed by atoms with Crippen LogP contribution in [0.25, 0.3) is 16.6 Å². The Morgan fingerprint density at radius 3 is 2.35 bits per heavy atom. The van der Waals surface area contributed by atoms with Gasteiger partial charge in [-0.2, -0.15) is 0 Å². The highest BCUT2D eigenvalue weighted by Crippen LogP contribution is 2.27. The third kappa shape index (κ3) is 4.24. The highest BCUT2D eigenvalue weighted by atomic mass is 16.5.